The van der Waals surface area contributed by atoms with Crippen LogP contribution in [0.15, 0.2) is 54.9 Å². The summed E-state index contributed by atoms with van der Waals surface area (Å²) in [6.07, 6.45) is 3.89. The van der Waals surface area contributed by atoms with Crippen molar-refractivity contribution in [2.24, 2.45) is 7.05 Å². The molecule has 1 atom stereocenters. The van der Waals surface area contributed by atoms with Gasteiger partial charge in [-0.3, -0.25) is 9.36 Å². The number of imidazole rings is 1. The normalized spacial score (nSPS) is 12.1. The van der Waals surface area contributed by atoms with Crippen LogP contribution in [0, 0.1) is 6.92 Å². The second-order valence-electron chi connectivity index (χ2n) is 7.17. The van der Waals surface area contributed by atoms with Gasteiger partial charge < -0.3 is 10.1 Å². The first-order chi connectivity index (χ1) is 14.6. The molecule has 8 heteroatoms. The van der Waals surface area contributed by atoms with Gasteiger partial charge in [0.25, 0.3) is 11.9 Å². The van der Waals surface area contributed by atoms with Crippen LogP contribution in [0.5, 0.6) is 6.01 Å². The van der Waals surface area contributed by atoms with E-state index in [2.05, 4.69) is 20.5 Å². The third-order valence-electron chi connectivity index (χ3n) is 5.02. The zero-order chi connectivity index (χ0) is 21.1. The van der Waals surface area contributed by atoms with E-state index in [0.717, 1.165) is 23.0 Å². The van der Waals surface area contributed by atoms with Crippen LogP contribution in [0.2, 0.25) is 0 Å². The van der Waals surface area contributed by atoms with Gasteiger partial charge in [0.2, 0.25) is 0 Å². The Morgan fingerprint density at radius 3 is 2.67 bits per heavy atom. The fourth-order valence-corrected chi connectivity index (χ4v) is 3.30. The van der Waals surface area contributed by atoms with Gasteiger partial charge in [0, 0.05) is 7.05 Å². The first-order valence-electron chi connectivity index (χ1n) is 9.89. The summed E-state index contributed by atoms with van der Waals surface area (Å²) in [5.74, 6) is -0.188. The molecule has 4 rings (SSSR count). The number of aryl methyl sites for hydroxylation is 2. The molecule has 0 aliphatic carbocycles. The zero-order valence-electron chi connectivity index (χ0n) is 17.2. The van der Waals surface area contributed by atoms with Crippen molar-refractivity contribution in [2.45, 2.75) is 26.3 Å². The van der Waals surface area contributed by atoms with E-state index in [4.69, 9.17) is 4.74 Å². The molecule has 1 amide bonds. The van der Waals surface area contributed by atoms with E-state index < -0.39 is 0 Å². The lowest BCUT2D eigenvalue weighted by Crippen LogP contribution is -2.39. The fourth-order valence-electron chi connectivity index (χ4n) is 3.30. The summed E-state index contributed by atoms with van der Waals surface area (Å²) in [6.45, 7) is 4.28. The second-order valence-corrected chi connectivity index (χ2v) is 7.17. The fraction of sp³-hybridized carbons (Fsp3) is 0.273. The van der Waals surface area contributed by atoms with Gasteiger partial charge in [0.05, 0.1) is 40.7 Å². The van der Waals surface area contributed by atoms with Crippen molar-refractivity contribution < 1.29 is 9.53 Å². The van der Waals surface area contributed by atoms with Crippen LogP contribution >= 0.6 is 0 Å². The standard InChI is InChI=1S/C22H24N6O2/c1-4-16(14-30-22-26-18-7-5-6-8-20(18)27(22)3)25-21(29)17-13-15(2)9-10-19(17)28-23-11-12-24-28/h5-13,16H,4,14H2,1-3H3,(H,25,29). The van der Waals surface area contributed by atoms with Crippen LogP contribution in [0.25, 0.3) is 16.7 Å². The molecule has 1 unspecified atom stereocenters. The van der Waals surface area contributed by atoms with E-state index in [-0.39, 0.29) is 11.9 Å². The summed E-state index contributed by atoms with van der Waals surface area (Å²) in [5.41, 5.74) is 4.02. The molecule has 0 bridgehead atoms. The van der Waals surface area contributed by atoms with Crippen molar-refractivity contribution in [1.29, 1.82) is 0 Å². The van der Waals surface area contributed by atoms with Gasteiger partial charge in [0.1, 0.15) is 6.61 Å². The molecule has 0 fully saturated rings. The highest BCUT2D eigenvalue weighted by atomic mass is 16.5. The molecular formula is C22H24N6O2. The third kappa shape index (κ3) is 3.89. The number of nitrogens with zero attached hydrogens (tertiary/aromatic N) is 5. The number of aromatic nitrogens is 5. The number of hydrogen-bond acceptors (Lipinski definition) is 5. The number of fused-ring (bicyclic) bond motifs is 1. The van der Waals surface area contributed by atoms with Gasteiger partial charge in [0.15, 0.2) is 0 Å². The summed E-state index contributed by atoms with van der Waals surface area (Å²) in [4.78, 5) is 19.0. The van der Waals surface area contributed by atoms with Crippen LogP contribution in [0.1, 0.15) is 29.3 Å². The van der Waals surface area contributed by atoms with Crippen molar-refractivity contribution >= 4 is 16.9 Å². The Balaban J connectivity index is 1.49. The van der Waals surface area contributed by atoms with Crippen LogP contribution in [-0.2, 0) is 7.05 Å². The Morgan fingerprint density at radius 2 is 1.93 bits per heavy atom. The Labute approximate surface area is 174 Å². The molecule has 0 saturated heterocycles. The maximum Gasteiger partial charge on any atom is 0.297 e. The summed E-state index contributed by atoms with van der Waals surface area (Å²) >= 11 is 0. The highest BCUT2D eigenvalue weighted by Gasteiger charge is 2.19. The van der Waals surface area contributed by atoms with Crippen molar-refractivity contribution in [3.05, 3.63) is 66.0 Å². The monoisotopic (exact) mass is 404 g/mol. The van der Waals surface area contributed by atoms with Gasteiger partial charge in [-0.25, -0.2) is 0 Å². The third-order valence-corrected chi connectivity index (χ3v) is 5.02. The Bertz CT molecular complexity index is 1170. The molecule has 154 valence electrons. The highest BCUT2D eigenvalue weighted by Crippen LogP contribution is 2.20. The van der Waals surface area contributed by atoms with Gasteiger partial charge in [-0.2, -0.15) is 20.0 Å². The zero-order valence-corrected chi connectivity index (χ0v) is 17.2. The van der Waals surface area contributed by atoms with Crippen molar-refractivity contribution in [3.63, 3.8) is 0 Å². The van der Waals surface area contributed by atoms with Crippen LogP contribution in [-0.4, -0.2) is 43.1 Å². The number of nitrogens with one attached hydrogen (secondary N) is 1. The molecule has 0 spiro atoms. The molecule has 2 aromatic carbocycles. The summed E-state index contributed by atoms with van der Waals surface area (Å²) < 4.78 is 7.85. The van der Waals surface area contributed by atoms with Crippen molar-refractivity contribution in [1.82, 2.24) is 29.9 Å². The summed E-state index contributed by atoms with van der Waals surface area (Å²) in [5, 5.41) is 11.4. The summed E-state index contributed by atoms with van der Waals surface area (Å²) in [7, 11) is 1.92. The van der Waals surface area contributed by atoms with E-state index in [9.17, 15) is 4.79 Å². The quantitative estimate of drug-likeness (QED) is 0.512. The molecule has 4 aromatic rings. The van der Waals surface area contributed by atoms with E-state index in [1.165, 1.54) is 4.80 Å². The number of rotatable bonds is 7. The predicted molar refractivity (Wildman–Crippen MR) is 114 cm³/mol. The summed E-state index contributed by atoms with van der Waals surface area (Å²) in [6, 6.07) is 13.8. The minimum atomic E-state index is -0.188. The topological polar surface area (TPSA) is 86.9 Å². The first-order valence-corrected chi connectivity index (χ1v) is 9.89. The Morgan fingerprint density at radius 1 is 1.17 bits per heavy atom. The SMILES string of the molecule is CCC(COc1nc2ccccc2n1C)NC(=O)c1cc(C)ccc1-n1nccn1. The number of amides is 1. The predicted octanol–water partition coefficient (Wildman–Crippen LogP) is 3.05. The number of carbonyl (C=O) groups excluding carboxylic acids is 1. The number of ether oxygens (including phenoxy) is 1. The number of para-hydroxylation sites is 2. The van der Waals surface area contributed by atoms with Crippen molar-refractivity contribution in [2.75, 3.05) is 6.61 Å². The molecule has 2 heterocycles. The highest BCUT2D eigenvalue weighted by molar-refractivity contribution is 5.98. The molecule has 8 nitrogen and oxygen atoms in total. The van der Waals surface area contributed by atoms with Gasteiger partial charge in [-0.1, -0.05) is 30.7 Å². The smallest absolute Gasteiger partial charge is 0.297 e. The Hall–Kier alpha value is -3.68. The maximum atomic E-state index is 13.0. The van der Waals surface area contributed by atoms with E-state index in [0.29, 0.717) is 23.9 Å². The minimum absolute atomic E-state index is 0.170. The van der Waals surface area contributed by atoms with Crippen molar-refractivity contribution in [3.8, 4) is 11.7 Å². The van der Waals surface area contributed by atoms with Crippen LogP contribution < -0.4 is 10.1 Å². The largest absolute Gasteiger partial charge is 0.462 e. The minimum Gasteiger partial charge on any atom is -0.462 e. The number of carbonyl (C=O) groups is 1. The van der Waals surface area contributed by atoms with Gasteiger partial charge in [-0.15, -0.1) is 0 Å². The second kappa shape index (κ2) is 8.36. The van der Waals surface area contributed by atoms with Crippen LogP contribution in [0.4, 0.5) is 0 Å². The van der Waals surface area contributed by atoms with Crippen LogP contribution in [0.3, 0.4) is 0 Å². The molecule has 0 radical (unpaired) electrons. The first kappa shape index (κ1) is 19.6. The average Bonchev–Trinajstić information content (AvgIpc) is 3.40. The van der Waals surface area contributed by atoms with E-state index in [1.807, 2.05) is 67.9 Å². The maximum absolute atomic E-state index is 13.0. The molecule has 2 aromatic heterocycles. The van der Waals surface area contributed by atoms with E-state index in [1.54, 1.807) is 12.4 Å². The lowest BCUT2D eigenvalue weighted by Gasteiger charge is -2.18. The number of benzene rings is 2. The van der Waals surface area contributed by atoms with E-state index >= 15 is 0 Å². The lowest BCUT2D eigenvalue weighted by molar-refractivity contribution is 0.0917. The average molecular weight is 404 g/mol. The molecule has 0 saturated carbocycles. The molecule has 0 aliphatic heterocycles. The Kier molecular flexibility index (Phi) is 5.47. The number of hydrogen-bond donors (Lipinski definition) is 1. The molecule has 0 aliphatic rings. The molecular weight excluding hydrogens is 380 g/mol. The van der Waals surface area contributed by atoms with Gasteiger partial charge in [-0.05, 0) is 37.6 Å². The molecule has 1 N–H and O–H groups in total. The lowest BCUT2D eigenvalue weighted by atomic mass is 10.1. The molecule has 30 heavy (non-hydrogen) atoms. The van der Waals surface area contributed by atoms with Gasteiger partial charge >= 0.3 is 0 Å².